The summed E-state index contributed by atoms with van der Waals surface area (Å²) < 4.78 is 0. The second-order valence-electron chi connectivity index (χ2n) is 4.46. The number of hydrogen-bond acceptors (Lipinski definition) is 4. The van der Waals surface area contributed by atoms with Crippen LogP contribution in [-0.2, 0) is 0 Å². The lowest BCUT2D eigenvalue weighted by atomic mass is 10.1. The largest absolute Gasteiger partial charge is 0.371 e. The lowest BCUT2D eigenvalue weighted by Gasteiger charge is -2.08. The Balaban J connectivity index is 2.05. The van der Waals surface area contributed by atoms with Crippen molar-refractivity contribution < 1.29 is 0 Å². The van der Waals surface area contributed by atoms with Crippen LogP contribution < -0.4 is 5.32 Å². The molecule has 0 aliphatic rings. The lowest BCUT2D eigenvalue weighted by Crippen LogP contribution is -2.02. The molecule has 5 heteroatoms. The van der Waals surface area contributed by atoms with Gasteiger partial charge in [0.25, 0.3) is 0 Å². The summed E-state index contributed by atoms with van der Waals surface area (Å²) in [6, 6.07) is 17.2. The van der Waals surface area contributed by atoms with Gasteiger partial charge in [-0.1, -0.05) is 41.9 Å². The number of anilines is 1. The van der Waals surface area contributed by atoms with Crippen LogP contribution in [0.4, 0.5) is 5.82 Å². The highest BCUT2D eigenvalue weighted by atomic mass is 35.5. The van der Waals surface area contributed by atoms with E-state index in [1.807, 2.05) is 61.6 Å². The monoisotopic (exact) mass is 296 g/mol. The van der Waals surface area contributed by atoms with Crippen molar-refractivity contribution in [2.24, 2.45) is 0 Å². The zero-order chi connectivity index (χ0) is 14.7. The molecule has 2 aromatic carbocycles. The molecule has 0 saturated heterocycles. The number of aromatic nitrogens is 3. The van der Waals surface area contributed by atoms with Crippen LogP contribution in [0.2, 0.25) is 5.02 Å². The number of benzene rings is 2. The highest BCUT2D eigenvalue weighted by Crippen LogP contribution is 2.25. The SMILES string of the molecule is CNc1nc(-c2ccc(Cl)cc2)nnc1-c1ccccc1. The Morgan fingerprint density at radius 3 is 2.24 bits per heavy atom. The molecule has 0 spiro atoms. The van der Waals surface area contributed by atoms with Gasteiger partial charge in [0, 0.05) is 23.2 Å². The van der Waals surface area contributed by atoms with Crippen molar-refractivity contribution in [3.8, 4) is 22.6 Å². The van der Waals surface area contributed by atoms with E-state index >= 15 is 0 Å². The summed E-state index contributed by atoms with van der Waals surface area (Å²) in [7, 11) is 1.82. The van der Waals surface area contributed by atoms with E-state index in [1.165, 1.54) is 0 Å². The minimum absolute atomic E-state index is 0.565. The molecule has 0 aliphatic heterocycles. The number of hydrogen-bond donors (Lipinski definition) is 1. The van der Waals surface area contributed by atoms with E-state index in [4.69, 9.17) is 11.6 Å². The van der Waals surface area contributed by atoms with Gasteiger partial charge in [0.2, 0.25) is 0 Å². The van der Waals surface area contributed by atoms with E-state index in [1.54, 1.807) is 0 Å². The fourth-order valence-electron chi connectivity index (χ4n) is 2.01. The molecule has 3 aromatic rings. The second kappa shape index (κ2) is 5.89. The zero-order valence-corrected chi connectivity index (χ0v) is 12.2. The number of nitrogens with zero attached hydrogens (tertiary/aromatic N) is 3. The molecule has 0 radical (unpaired) electrons. The first kappa shape index (κ1) is 13.5. The Kier molecular flexibility index (Phi) is 3.79. The van der Waals surface area contributed by atoms with Crippen molar-refractivity contribution in [3.63, 3.8) is 0 Å². The molecular formula is C16H13ClN4. The Morgan fingerprint density at radius 1 is 0.857 bits per heavy atom. The molecule has 3 rings (SSSR count). The van der Waals surface area contributed by atoms with Gasteiger partial charge in [-0.25, -0.2) is 4.98 Å². The van der Waals surface area contributed by atoms with Gasteiger partial charge < -0.3 is 5.32 Å². The van der Waals surface area contributed by atoms with Gasteiger partial charge in [-0.05, 0) is 24.3 Å². The topological polar surface area (TPSA) is 50.7 Å². The van der Waals surface area contributed by atoms with Crippen LogP contribution in [0.1, 0.15) is 0 Å². The van der Waals surface area contributed by atoms with E-state index in [0.29, 0.717) is 16.7 Å². The maximum atomic E-state index is 5.89. The molecule has 0 bridgehead atoms. The molecule has 1 N–H and O–H groups in total. The quantitative estimate of drug-likeness (QED) is 0.796. The molecule has 1 aromatic heterocycles. The smallest absolute Gasteiger partial charge is 0.183 e. The fraction of sp³-hybridized carbons (Fsp3) is 0.0625. The zero-order valence-electron chi connectivity index (χ0n) is 11.4. The normalized spacial score (nSPS) is 10.4. The van der Waals surface area contributed by atoms with Crippen LogP contribution in [0.3, 0.4) is 0 Å². The molecule has 0 amide bonds. The first-order valence-electron chi connectivity index (χ1n) is 6.52. The molecule has 0 atom stereocenters. The van der Waals surface area contributed by atoms with Gasteiger partial charge in [0.15, 0.2) is 11.6 Å². The molecule has 104 valence electrons. The second-order valence-corrected chi connectivity index (χ2v) is 4.89. The average Bonchev–Trinajstić information content (AvgIpc) is 2.56. The van der Waals surface area contributed by atoms with Crippen molar-refractivity contribution in [3.05, 3.63) is 59.6 Å². The highest BCUT2D eigenvalue weighted by molar-refractivity contribution is 6.30. The average molecular weight is 297 g/mol. The van der Waals surface area contributed by atoms with Crippen LogP contribution in [0.25, 0.3) is 22.6 Å². The fourth-order valence-corrected chi connectivity index (χ4v) is 2.14. The van der Waals surface area contributed by atoms with Crippen LogP contribution in [-0.4, -0.2) is 22.2 Å². The molecule has 1 heterocycles. The summed E-state index contributed by atoms with van der Waals surface area (Å²) in [5.41, 5.74) is 2.59. The van der Waals surface area contributed by atoms with Gasteiger partial charge in [0.1, 0.15) is 5.69 Å². The maximum Gasteiger partial charge on any atom is 0.183 e. The van der Waals surface area contributed by atoms with Crippen molar-refractivity contribution in [1.82, 2.24) is 15.2 Å². The predicted molar refractivity (Wildman–Crippen MR) is 85.3 cm³/mol. The van der Waals surface area contributed by atoms with E-state index in [9.17, 15) is 0 Å². The van der Waals surface area contributed by atoms with Crippen molar-refractivity contribution in [1.29, 1.82) is 0 Å². The summed E-state index contributed by atoms with van der Waals surface area (Å²) >= 11 is 5.89. The summed E-state index contributed by atoms with van der Waals surface area (Å²) in [5.74, 6) is 1.26. The van der Waals surface area contributed by atoms with Crippen LogP contribution >= 0.6 is 11.6 Å². The molecule has 0 fully saturated rings. The lowest BCUT2D eigenvalue weighted by molar-refractivity contribution is 0.988. The Hall–Kier alpha value is -2.46. The van der Waals surface area contributed by atoms with Crippen LogP contribution in [0.15, 0.2) is 54.6 Å². The molecule has 21 heavy (non-hydrogen) atoms. The van der Waals surface area contributed by atoms with Gasteiger partial charge in [-0.2, -0.15) is 0 Å². The number of rotatable bonds is 3. The third-order valence-corrected chi connectivity index (χ3v) is 3.33. The van der Waals surface area contributed by atoms with Gasteiger partial charge in [-0.3, -0.25) is 0 Å². The maximum absolute atomic E-state index is 5.89. The standard InChI is InChI=1S/C16H13ClN4/c1-18-16-14(11-5-3-2-4-6-11)20-21-15(19-16)12-7-9-13(17)10-8-12/h2-10H,1H3,(H,18,19,21). The third-order valence-electron chi connectivity index (χ3n) is 3.07. The third kappa shape index (κ3) is 2.85. The molecular weight excluding hydrogens is 284 g/mol. The minimum atomic E-state index is 0.565. The summed E-state index contributed by atoms with van der Waals surface area (Å²) in [6.07, 6.45) is 0. The first-order valence-corrected chi connectivity index (χ1v) is 6.89. The molecule has 0 aliphatic carbocycles. The molecule has 0 unspecified atom stereocenters. The van der Waals surface area contributed by atoms with Gasteiger partial charge >= 0.3 is 0 Å². The Labute approximate surface area is 127 Å². The van der Waals surface area contributed by atoms with E-state index < -0.39 is 0 Å². The first-order chi connectivity index (χ1) is 10.3. The van der Waals surface area contributed by atoms with E-state index in [-0.39, 0.29) is 0 Å². The summed E-state index contributed by atoms with van der Waals surface area (Å²) in [6.45, 7) is 0. The number of nitrogens with one attached hydrogen (secondary N) is 1. The van der Waals surface area contributed by atoms with Gasteiger partial charge in [0.05, 0.1) is 0 Å². The Bertz CT molecular complexity index is 742. The van der Waals surface area contributed by atoms with Crippen molar-refractivity contribution >= 4 is 17.4 Å². The summed E-state index contributed by atoms with van der Waals surface area (Å²) in [5, 5.41) is 12.3. The summed E-state index contributed by atoms with van der Waals surface area (Å²) in [4.78, 5) is 4.54. The van der Waals surface area contributed by atoms with Crippen molar-refractivity contribution in [2.45, 2.75) is 0 Å². The number of halogens is 1. The van der Waals surface area contributed by atoms with Crippen molar-refractivity contribution in [2.75, 3.05) is 12.4 Å². The van der Waals surface area contributed by atoms with E-state index in [2.05, 4.69) is 20.5 Å². The molecule has 4 nitrogen and oxygen atoms in total. The molecule has 0 saturated carbocycles. The van der Waals surface area contributed by atoms with Crippen LogP contribution in [0.5, 0.6) is 0 Å². The van der Waals surface area contributed by atoms with Crippen LogP contribution in [0, 0.1) is 0 Å². The minimum Gasteiger partial charge on any atom is -0.371 e. The Morgan fingerprint density at radius 2 is 1.57 bits per heavy atom. The highest BCUT2D eigenvalue weighted by Gasteiger charge is 2.11. The van der Waals surface area contributed by atoms with Gasteiger partial charge in [-0.15, -0.1) is 10.2 Å². The predicted octanol–water partition coefficient (Wildman–Crippen LogP) is 3.90. The van der Waals surface area contributed by atoms with E-state index in [0.717, 1.165) is 16.8 Å².